The molecule has 0 aliphatic heterocycles. The zero-order valence-corrected chi connectivity index (χ0v) is 10.5. The van der Waals surface area contributed by atoms with Gasteiger partial charge in [-0.05, 0) is 25.0 Å². The van der Waals surface area contributed by atoms with Gasteiger partial charge in [-0.25, -0.2) is 13.1 Å². The van der Waals surface area contributed by atoms with Crippen molar-refractivity contribution in [3.05, 3.63) is 35.4 Å². The summed E-state index contributed by atoms with van der Waals surface area (Å²) in [7, 11) is -3.20. The van der Waals surface area contributed by atoms with E-state index >= 15 is 0 Å². The van der Waals surface area contributed by atoms with Crippen LogP contribution in [0.25, 0.3) is 0 Å². The SMILES string of the molecule is C[C@H](O)c1ccc([C@@H](C)NS(C)(=O)=O)cc1. The van der Waals surface area contributed by atoms with Crippen LogP contribution in [0, 0.1) is 0 Å². The standard InChI is InChI=1S/C11H17NO3S/c1-8(12-16(3,14)15)10-4-6-11(7-5-10)9(2)13/h4-9,12-13H,1-3H3/t8-,9+/m1/s1. The van der Waals surface area contributed by atoms with Crippen LogP contribution < -0.4 is 4.72 Å². The van der Waals surface area contributed by atoms with Crippen LogP contribution in [0.2, 0.25) is 0 Å². The van der Waals surface area contributed by atoms with Gasteiger partial charge >= 0.3 is 0 Å². The third-order valence-corrected chi connectivity index (χ3v) is 3.09. The van der Waals surface area contributed by atoms with Crippen molar-refractivity contribution < 1.29 is 13.5 Å². The van der Waals surface area contributed by atoms with E-state index in [1.165, 1.54) is 0 Å². The summed E-state index contributed by atoms with van der Waals surface area (Å²) in [5.41, 5.74) is 1.69. The Morgan fingerprint density at radius 2 is 1.56 bits per heavy atom. The van der Waals surface area contributed by atoms with E-state index in [9.17, 15) is 13.5 Å². The van der Waals surface area contributed by atoms with Crippen molar-refractivity contribution in [3.63, 3.8) is 0 Å². The molecule has 0 saturated carbocycles. The molecule has 0 spiro atoms. The van der Waals surface area contributed by atoms with Gasteiger partial charge in [0.1, 0.15) is 0 Å². The van der Waals surface area contributed by atoms with Gasteiger partial charge in [0.2, 0.25) is 10.0 Å². The van der Waals surface area contributed by atoms with E-state index in [0.29, 0.717) is 0 Å². The van der Waals surface area contributed by atoms with Gasteiger partial charge in [0.05, 0.1) is 12.4 Å². The first-order chi connectivity index (χ1) is 7.29. The van der Waals surface area contributed by atoms with Gasteiger partial charge < -0.3 is 5.11 Å². The third-order valence-electron chi connectivity index (χ3n) is 2.31. The molecule has 1 rings (SSSR count). The lowest BCUT2D eigenvalue weighted by molar-refractivity contribution is 0.199. The molecule has 2 atom stereocenters. The van der Waals surface area contributed by atoms with Gasteiger partial charge in [-0.3, -0.25) is 0 Å². The fourth-order valence-electron chi connectivity index (χ4n) is 1.45. The lowest BCUT2D eigenvalue weighted by Crippen LogP contribution is -2.25. The van der Waals surface area contributed by atoms with E-state index in [0.717, 1.165) is 17.4 Å². The molecule has 0 amide bonds. The second-order valence-corrected chi connectivity index (χ2v) is 5.73. The molecule has 4 nitrogen and oxygen atoms in total. The lowest BCUT2D eigenvalue weighted by Gasteiger charge is -2.13. The topological polar surface area (TPSA) is 66.4 Å². The zero-order chi connectivity index (χ0) is 12.3. The van der Waals surface area contributed by atoms with E-state index in [-0.39, 0.29) is 6.04 Å². The molecule has 2 N–H and O–H groups in total. The maximum atomic E-state index is 11.0. The number of aliphatic hydroxyl groups excluding tert-OH is 1. The number of nitrogens with one attached hydrogen (secondary N) is 1. The summed E-state index contributed by atoms with van der Waals surface area (Å²) in [6.45, 7) is 3.46. The summed E-state index contributed by atoms with van der Waals surface area (Å²) in [6.07, 6.45) is 0.625. The fraction of sp³-hybridized carbons (Fsp3) is 0.455. The van der Waals surface area contributed by atoms with Crippen LogP contribution in [0.15, 0.2) is 24.3 Å². The summed E-state index contributed by atoms with van der Waals surface area (Å²) in [5, 5.41) is 9.33. The summed E-state index contributed by atoms with van der Waals surface area (Å²) in [6, 6.07) is 6.94. The molecule has 5 heteroatoms. The quantitative estimate of drug-likeness (QED) is 0.839. The van der Waals surface area contributed by atoms with Gasteiger partial charge in [0.25, 0.3) is 0 Å². The van der Waals surface area contributed by atoms with Gasteiger partial charge in [0, 0.05) is 6.04 Å². The van der Waals surface area contributed by atoms with Crippen molar-refractivity contribution in [1.29, 1.82) is 0 Å². The van der Waals surface area contributed by atoms with Crippen molar-refractivity contribution in [1.82, 2.24) is 4.72 Å². The highest BCUT2D eigenvalue weighted by Gasteiger charge is 2.10. The summed E-state index contributed by atoms with van der Waals surface area (Å²) in [4.78, 5) is 0. The molecule has 0 aliphatic carbocycles. The number of hydrogen-bond acceptors (Lipinski definition) is 3. The smallest absolute Gasteiger partial charge is 0.209 e. The maximum Gasteiger partial charge on any atom is 0.209 e. The molecule has 0 unspecified atom stereocenters. The van der Waals surface area contributed by atoms with E-state index < -0.39 is 16.1 Å². The number of hydrogen-bond donors (Lipinski definition) is 2. The van der Waals surface area contributed by atoms with E-state index in [1.54, 1.807) is 26.0 Å². The Labute approximate surface area is 96.4 Å². The minimum atomic E-state index is -3.20. The molecular weight excluding hydrogens is 226 g/mol. The number of aliphatic hydroxyl groups is 1. The van der Waals surface area contributed by atoms with Crippen LogP contribution in [0.1, 0.15) is 37.1 Å². The second kappa shape index (κ2) is 4.95. The van der Waals surface area contributed by atoms with E-state index in [1.807, 2.05) is 12.1 Å². The summed E-state index contributed by atoms with van der Waals surface area (Å²) in [5.74, 6) is 0. The van der Waals surface area contributed by atoms with Crippen LogP contribution >= 0.6 is 0 Å². The molecule has 0 aromatic heterocycles. The maximum absolute atomic E-state index is 11.0. The molecule has 0 fully saturated rings. The molecule has 0 saturated heterocycles. The molecular formula is C11H17NO3S. The molecule has 0 radical (unpaired) electrons. The fourth-order valence-corrected chi connectivity index (χ4v) is 2.23. The molecule has 0 heterocycles. The second-order valence-electron chi connectivity index (χ2n) is 3.95. The van der Waals surface area contributed by atoms with Crippen LogP contribution in [-0.4, -0.2) is 19.8 Å². The number of benzene rings is 1. The zero-order valence-electron chi connectivity index (χ0n) is 9.64. The first-order valence-electron chi connectivity index (χ1n) is 5.05. The Kier molecular flexibility index (Phi) is 4.07. The average Bonchev–Trinajstić information content (AvgIpc) is 2.15. The normalized spacial score (nSPS) is 15.8. The van der Waals surface area contributed by atoms with Crippen molar-refractivity contribution in [3.8, 4) is 0 Å². The van der Waals surface area contributed by atoms with Crippen LogP contribution in [0.5, 0.6) is 0 Å². The number of rotatable bonds is 4. The number of sulfonamides is 1. The predicted octanol–water partition coefficient (Wildman–Crippen LogP) is 1.35. The Bertz CT molecular complexity index is 437. The Balaban J connectivity index is 2.82. The molecule has 16 heavy (non-hydrogen) atoms. The molecule has 90 valence electrons. The summed E-state index contributed by atoms with van der Waals surface area (Å²) < 4.78 is 24.6. The van der Waals surface area contributed by atoms with Crippen LogP contribution in [0.4, 0.5) is 0 Å². The molecule has 0 bridgehead atoms. The minimum Gasteiger partial charge on any atom is -0.389 e. The van der Waals surface area contributed by atoms with Gasteiger partial charge in [0.15, 0.2) is 0 Å². The molecule has 1 aromatic rings. The van der Waals surface area contributed by atoms with Gasteiger partial charge in [-0.2, -0.15) is 0 Å². The van der Waals surface area contributed by atoms with Crippen molar-refractivity contribution >= 4 is 10.0 Å². The monoisotopic (exact) mass is 243 g/mol. The first kappa shape index (κ1) is 13.2. The summed E-state index contributed by atoms with van der Waals surface area (Å²) >= 11 is 0. The van der Waals surface area contributed by atoms with Gasteiger partial charge in [-0.15, -0.1) is 0 Å². The van der Waals surface area contributed by atoms with Crippen LogP contribution in [0.3, 0.4) is 0 Å². The first-order valence-corrected chi connectivity index (χ1v) is 6.94. The van der Waals surface area contributed by atoms with E-state index in [2.05, 4.69) is 4.72 Å². The highest BCUT2D eigenvalue weighted by atomic mass is 32.2. The van der Waals surface area contributed by atoms with Crippen molar-refractivity contribution in [2.75, 3.05) is 6.26 Å². The Hall–Kier alpha value is -0.910. The third kappa shape index (κ3) is 3.92. The molecule has 0 aliphatic rings. The van der Waals surface area contributed by atoms with Crippen molar-refractivity contribution in [2.45, 2.75) is 26.0 Å². The Morgan fingerprint density at radius 1 is 1.12 bits per heavy atom. The Morgan fingerprint density at radius 3 is 1.94 bits per heavy atom. The van der Waals surface area contributed by atoms with Gasteiger partial charge in [-0.1, -0.05) is 24.3 Å². The lowest BCUT2D eigenvalue weighted by atomic mass is 10.0. The minimum absolute atomic E-state index is 0.266. The average molecular weight is 243 g/mol. The van der Waals surface area contributed by atoms with E-state index in [4.69, 9.17) is 0 Å². The highest BCUT2D eigenvalue weighted by Crippen LogP contribution is 2.17. The highest BCUT2D eigenvalue weighted by molar-refractivity contribution is 7.88. The predicted molar refractivity (Wildman–Crippen MR) is 63.5 cm³/mol. The van der Waals surface area contributed by atoms with Crippen molar-refractivity contribution in [2.24, 2.45) is 0 Å². The van der Waals surface area contributed by atoms with Crippen LogP contribution in [-0.2, 0) is 10.0 Å². The molecule has 1 aromatic carbocycles. The largest absolute Gasteiger partial charge is 0.389 e.